The predicted octanol–water partition coefficient (Wildman–Crippen LogP) is 3.15. The molecule has 2 N–H and O–H groups in total. The molecule has 4 aromatic rings. The lowest BCUT2D eigenvalue weighted by Crippen LogP contribution is -2.23. The minimum atomic E-state index is -0.163. The van der Waals surface area contributed by atoms with Gasteiger partial charge in [0.1, 0.15) is 5.82 Å². The first-order valence-corrected chi connectivity index (χ1v) is 9.05. The number of benzene rings is 1. The molecule has 0 bridgehead atoms. The van der Waals surface area contributed by atoms with Gasteiger partial charge in [-0.1, -0.05) is 12.1 Å². The molecule has 0 saturated heterocycles. The quantitative estimate of drug-likeness (QED) is 0.495. The summed E-state index contributed by atoms with van der Waals surface area (Å²) in [5.74, 6) is 1.55. The highest BCUT2D eigenvalue weighted by atomic mass is 16.1. The molecule has 0 radical (unpaired) electrons. The van der Waals surface area contributed by atoms with Crippen LogP contribution in [0, 0.1) is 6.92 Å². The molecule has 1 aromatic carbocycles. The zero-order chi connectivity index (χ0) is 20.2. The molecule has 0 aliphatic carbocycles. The largest absolute Gasteiger partial charge is 0.349 e. The highest BCUT2D eigenvalue weighted by Crippen LogP contribution is 2.21. The Morgan fingerprint density at radius 1 is 1.21 bits per heavy atom. The van der Waals surface area contributed by atoms with Gasteiger partial charge in [-0.15, -0.1) is 11.7 Å². The molecule has 4 rings (SSSR count). The molecule has 8 heteroatoms. The first-order valence-electron chi connectivity index (χ1n) is 9.05. The van der Waals surface area contributed by atoms with Gasteiger partial charge in [-0.25, -0.2) is 4.98 Å². The lowest BCUT2D eigenvalue weighted by molar-refractivity contribution is 0.0958. The second-order valence-corrected chi connectivity index (χ2v) is 6.38. The standard InChI is InChI=1S/C21H19N7O/c1-3-9-23-20(29)15-6-4-8-17(12-15)25-18-11-14(2)24-21-26-19(27-28(18)21)16-7-5-10-22-13-16/h3-8,10-13,25H,1,9H2,2H3,(H,23,29). The predicted molar refractivity (Wildman–Crippen MR) is 111 cm³/mol. The van der Waals surface area contributed by atoms with Gasteiger partial charge in [0.15, 0.2) is 5.82 Å². The highest BCUT2D eigenvalue weighted by Gasteiger charge is 2.12. The van der Waals surface area contributed by atoms with Crippen molar-refractivity contribution in [3.8, 4) is 11.4 Å². The Labute approximate surface area is 167 Å². The first kappa shape index (κ1) is 18.3. The number of amides is 1. The zero-order valence-electron chi connectivity index (χ0n) is 15.8. The summed E-state index contributed by atoms with van der Waals surface area (Å²) in [5, 5.41) is 10.6. The van der Waals surface area contributed by atoms with Gasteiger partial charge in [-0.2, -0.15) is 9.50 Å². The lowest BCUT2D eigenvalue weighted by Gasteiger charge is -2.10. The minimum absolute atomic E-state index is 0.163. The third kappa shape index (κ3) is 3.96. The molecule has 0 unspecified atom stereocenters. The van der Waals surface area contributed by atoms with Crippen molar-refractivity contribution in [1.82, 2.24) is 29.9 Å². The van der Waals surface area contributed by atoms with Crippen molar-refractivity contribution < 1.29 is 4.79 Å². The van der Waals surface area contributed by atoms with Crippen LogP contribution in [-0.2, 0) is 0 Å². The number of pyridine rings is 1. The number of aromatic nitrogens is 5. The molecular formula is C21H19N7O. The summed E-state index contributed by atoms with van der Waals surface area (Å²) in [7, 11) is 0. The Morgan fingerprint density at radius 2 is 2.10 bits per heavy atom. The zero-order valence-corrected chi connectivity index (χ0v) is 15.8. The summed E-state index contributed by atoms with van der Waals surface area (Å²) in [6.45, 7) is 5.91. The maximum Gasteiger partial charge on any atom is 0.254 e. The van der Waals surface area contributed by atoms with E-state index in [1.165, 1.54) is 0 Å². The average Bonchev–Trinajstić information content (AvgIpc) is 3.17. The number of hydrogen-bond acceptors (Lipinski definition) is 6. The summed E-state index contributed by atoms with van der Waals surface area (Å²) in [6, 6.07) is 12.8. The molecule has 144 valence electrons. The molecule has 8 nitrogen and oxygen atoms in total. The fourth-order valence-corrected chi connectivity index (χ4v) is 2.85. The number of fused-ring (bicyclic) bond motifs is 1. The van der Waals surface area contributed by atoms with Gasteiger partial charge < -0.3 is 10.6 Å². The second kappa shape index (κ2) is 7.89. The number of rotatable bonds is 6. The van der Waals surface area contributed by atoms with Crippen LogP contribution in [0.4, 0.5) is 11.5 Å². The van der Waals surface area contributed by atoms with Gasteiger partial charge in [-0.3, -0.25) is 9.78 Å². The van der Waals surface area contributed by atoms with Gasteiger partial charge in [0.25, 0.3) is 11.7 Å². The van der Waals surface area contributed by atoms with Gasteiger partial charge in [0.05, 0.1) is 0 Å². The molecule has 3 aromatic heterocycles. The number of hydrogen-bond donors (Lipinski definition) is 2. The number of nitrogens with zero attached hydrogens (tertiary/aromatic N) is 5. The molecule has 0 fully saturated rings. The van der Waals surface area contributed by atoms with Crippen LogP contribution in [0.3, 0.4) is 0 Å². The number of anilines is 2. The van der Waals surface area contributed by atoms with Crippen LogP contribution in [-0.4, -0.2) is 37.0 Å². The average molecular weight is 385 g/mol. The third-order valence-electron chi connectivity index (χ3n) is 4.16. The normalized spacial score (nSPS) is 10.7. The summed E-state index contributed by atoms with van der Waals surface area (Å²) in [4.78, 5) is 25.3. The Balaban J connectivity index is 1.68. The van der Waals surface area contributed by atoms with E-state index in [1.54, 1.807) is 35.1 Å². The number of carbonyl (C=O) groups is 1. The molecule has 1 amide bonds. The van der Waals surface area contributed by atoms with Crippen LogP contribution in [0.5, 0.6) is 0 Å². The van der Waals surface area contributed by atoms with E-state index in [1.807, 2.05) is 37.3 Å². The summed E-state index contributed by atoms with van der Waals surface area (Å²) in [6.07, 6.45) is 5.05. The number of carbonyl (C=O) groups excluding carboxylic acids is 1. The van der Waals surface area contributed by atoms with Crippen LogP contribution in [0.25, 0.3) is 17.2 Å². The SMILES string of the molecule is C=CCNC(=O)c1cccc(Nc2cc(C)nc3nc(-c4cccnc4)nn23)c1. The van der Waals surface area contributed by atoms with Gasteiger partial charge >= 0.3 is 0 Å². The Kier molecular flexibility index (Phi) is 4.98. The molecule has 0 aliphatic heterocycles. The Hall–Kier alpha value is -4.07. The monoisotopic (exact) mass is 385 g/mol. The topological polar surface area (TPSA) is 97.1 Å². The van der Waals surface area contributed by atoms with Crippen LogP contribution in [0.1, 0.15) is 16.1 Å². The van der Waals surface area contributed by atoms with E-state index in [-0.39, 0.29) is 5.91 Å². The Morgan fingerprint density at radius 3 is 2.90 bits per heavy atom. The van der Waals surface area contributed by atoms with E-state index >= 15 is 0 Å². The lowest BCUT2D eigenvalue weighted by atomic mass is 10.2. The van der Waals surface area contributed by atoms with Crippen molar-refractivity contribution in [3.63, 3.8) is 0 Å². The van der Waals surface area contributed by atoms with Crippen molar-refractivity contribution in [2.45, 2.75) is 6.92 Å². The fourth-order valence-electron chi connectivity index (χ4n) is 2.85. The van der Waals surface area contributed by atoms with Gasteiger partial charge in [0, 0.05) is 47.5 Å². The minimum Gasteiger partial charge on any atom is -0.349 e. The van der Waals surface area contributed by atoms with E-state index in [4.69, 9.17) is 0 Å². The molecule has 0 aliphatic rings. The maximum absolute atomic E-state index is 12.2. The number of aryl methyl sites for hydroxylation is 1. The van der Waals surface area contributed by atoms with Crippen molar-refractivity contribution >= 4 is 23.2 Å². The maximum atomic E-state index is 12.2. The molecule has 0 atom stereocenters. The summed E-state index contributed by atoms with van der Waals surface area (Å²) < 4.78 is 1.64. The van der Waals surface area contributed by atoms with Crippen molar-refractivity contribution in [2.75, 3.05) is 11.9 Å². The number of nitrogens with one attached hydrogen (secondary N) is 2. The fraction of sp³-hybridized carbons (Fsp3) is 0.0952. The Bertz CT molecular complexity index is 1180. The van der Waals surface area contributed by atoms with E-state index in [2.05, 4.69) is 37.3 Å². The van der Waals surface area contributed by atoms with Crippen LogP contribution in [0.15, 0.2) is 67.5 Å². The third-order valence-corrected chi connectivity index (χ3v) is 4.16. The van der Waals surface area contributed by atoms with E-state index in [0.29, 0.717) is 29.5 Å². The van der Waals surface area contributed by atoms with Crippen molar-refractivity contribution in [2.24, 2.45) is 0 Å². The van der Waals surface area contributed by atoms with E-state index in [9.17, 15) is 4.79 Å². The molecule has 0 spiro atoms. The van der Waals surface area contributed by atoms with E-state index < -0.39 is 0 Å². The molecule has 3 heterocycles. The van der Waals surface area contributed by atoms with Crippen LogP contribution >= 0.6 is 0 Å². The molecule has 29 heavy (non-hydrogen) atoms. The van der Waals surface area contributed by atoms with Crippen molar-refractivity contribution in [3.05, 3.63) is 78.8 Å². The molecular weight excluding hydrogens is 366 g/mol. The van der Waals surface area contributed by atoms with Crippen LogP contribution < -0.4 is 10.6 Å². The van der Waals surface area contributed by atoms with Crippen LogP contribution in [0.2, 0.25) is 0 Å². The summed E-state index contributed by atoms with van der Waals surface area (Å²) in [5.41, 5.74) is 2.91. The summed E-state index contributed by atoms with van der Waals surface area (Å²) >= 11 is 0. The molecule has 0 saturated carbocycles. The first-order chi connectivity index (χ1) is 14.1. The smallest absolute Gasteiger partial charge is 0.254 e. The van der Waals surface area contributed by atoms with E-state index in [0.717, 1.165) is 16.9 Å². The van der Waals surface area contributed by atoms with Crippen molar-refractivity contribution in [1.29, 1.82) is 0 Å². The highest BCUT2D eigenvalue weighted by molar-refractivity contribution is 5.95. The van der Waals surface area contributed by atoms with Gasteiger partial charge in [-0.05, 0) is 37.3 Å². The van der Waals surface area contributed by atoms with Gasteiger partial charge in [0.2, 0.25) is 0 Å². The second-order valence-electron chi connectivity index (χ2n) is 6.38.